The largest absolute Gasteiger partial charge is 0.480 e. The van der Waals surface area contributed by atoms with Gasteiger partial charge >= 0.3 is 12.1 Å². The van der Waals surface area contributed by atoms with Crippen LogP contribution >= 0.6 is 11.8 Å². The van der Waals surface area contributed by atoms with Gasteiger partial charge in [0.1, 0.15) is 6.04 Å². The van der Waals surface area contributed by atoms with Crippen LogP contribution in [0.2, 0.25) is 0 Å². The number of thioether (sulfide) groups is 1. The Hall–Kier alpha value is -0.430. The van der Waals surface area contributed by atoms with E-state index in [1.165, 1.54) is 11.8 Å². The van der Waals surface area contributed by atoms with Gasteiger partial charge in [-0.3, -0.25) is 10.1 Å². The summed E-state index contributed by atoms with van der Waals surface area (Å²) in [6.07, 6.45) is -4.17. The second kappa shape index (κ2) is 6.95. The standard InChI is InChI=1S/C8H14F3NO2S/c1-2-15-4-3-6(7(13)14)12-5-8(9,10)11/h6,12H,2-5H2,1H3,(H,13,14). The van der Waals surface area contributed by atoms with Gasteiger partial charge in [-0.2, -0.15) is 24.9 Å². The Morgan fingerprint density at radius 2 is 2.13 bits per heavy atom. The fraction of sp³-hybridized carbons (Fsp3) is 0.875. The molecule has 15 heavy (non-hydrogen) atoms. The molecule has 0 fully saturated rings. The number of carbonyl (C=O) groups is 1. The first kappa shape index (κ1) is 14.6. The molecule has 1 atom stereocenters. The Morgan fingerprint density at radius 3 is 2.53 bits per heavy atom. The molecule has 2 N–H and O–H groups in total. The van der Waals surface area contributed by atoms with Crippen molar-refractivity contribution in [3.63, 3.8) is 0 Å². The number of hydrogen-bond acceptors (Lipinski definition) is 3. The lowest BCUT2D eigenvalue weighted by atomic mass is 10.2. The van der Waals surface area contributed by atoms with Gasteiger partial charge in [-0.25, -0.2) is 0 Å². The van der Waals surface area contributed by atoms with E-state index in [0.717, 1.165) is 5.75 Å². The summed E-state index contributed by atoms with van der Waals surface area (Å²) in [6, 6.07) is -1.12. The van der Waals surface area contributed by atoms with Crippen molar-refractivity contribution in [1.29, 1.82) is 0 Å². The molecular weight excluding hydrogens is 231 g/mol. The van der Waals surface area contributed by atoms with Gasteiger partial charge in [0.2, 0.25) is 0 Å². The normalized spacial score (nSPS) is 13.9. The number of hydrogen-bond donors (Lipinski definition) is 2. The van der Waals surface area contributed by atoms with Crippen molar-refractivity contribution >= 4 is 17.7 Å². The fourth-order valence-corrected chi connectivity index (χ4v) is 1.59. The second-order valence-electron chi connectivity index (χ2n) is 2.87. The van der Waals surface area contributed by atoms with E-state index in [4.69, 9.17) is 5.11 Å². The maximum atomic E-state index is 11.8. The third kappa shape index (κ3) is 8.56. The zero-order valence-electron chi connectivity index (χ0n) is 8.30. The SMILES string of the molecule is CCSCCC(NCC(F)(F)F)C(=O)O. The molecule has 0 rings (SSSR count). The molecule has 0 amide bonds. The van der Waals surface area contributed by atoms with Crippen LogP contribution < -0.4 is 5.32 Å². The van der Waals surface area contributed by atoms with E-state index in [2.05, 4.69) is 0 Å². The predicted molar refractivity (Wildman–Crippen MR) is 53.1 cm³/mol. The van der Waals surface area contributed by atoms with E-state index in [0.29, 0.717) is 5.75 Å². The zero-order chi connectivity index (χ0) is 11.9. The molecule has 0 heterocycles. The molecule has 0 bridgehead atoms. The number of rotatable bonds is 7. The van der Waals surface area contributed by atoms with Crippen LogP contribution in [-0.4, -0.2) is 41.3 Å². The first-order valence-electron chi connectivity index (χ1n) is 4.47. The topological polar surface area (TPSA) is 49.3 Å². The molecule has 0 saturated carbocycles. The van der Waals surface area contributed by atoms with Crippen molar-refractivity contribution < 1.29 is 23.1 Å². The molecule has 0 spiro atoms. The van der Waals surface area contributed by atoms with Crippen molar-refractivity contribution in [3.8, 4) is 0 Å². The first-order valence-corrected chi connectivity index (χ1v) is 5.63. The van der Waals surface area contributed by atoms with Crippen molar-refractivity contribution in [1.82, 2.24) is 5.32 Å². The Bertz CT molecular complexity index is 199. The van der Waals surface area contributed by atoms with Crippen molar-refractivity contribution in [2.45, 2.75) is 25.6 Å². The Morgan fingerprint density at radius 1 is 1.53 bits per heavy atom. The van der Waals surface area contributed by atoms with Crippen LogP contribution in [0.3, 0.4) is 0 Å². The number of nitrogens with one attached hydrogen (secondary N) is 1. The number of halogens is 3. The highest BCUT2D eigenvalue weighted by molar-refractivity contribution is 7.99. The minimum absolute atomic E-state index is 0.198. The van der Waals surface area contributed by atoms with Gasteiger partial charge in [-0.1, -0.05) is 6.92 Å². The van der Waals surface area contributed by atoms with Crippen molar-refractivity contribution in [3.05, 3.63) is 0 Å². The molecule has 0 aliphatic rings. The van der Waals surface area contributed by atoms with Crippen LogP contribution in [-0.2, 0) is 4.79 Å². The summed E-state index contributed by atoms with van der Waals surface area (Å²) in [5.41, 5.74) is 0. The summed E-state index contributed by atoms with van der Waals surface area (Å²) in [7, 11) is 0. The van der Waals surface area contributed by atoms with Crippen LogP contribution in [0.15, 0.2) is 0 Å². The number of aliphatic carboxylic acids is 1. The highest BCUT2D eigenvalue weighted by Crippen LogP contribution is 2.13. The number of carboxylic acid groups (broad SMARTS) is 1. The Kier molecular flexibility index (Phi) is 6.75. The molecule has 0 aromatic heterocycles. The van der Waals surface area contributed by atoms with E-state index in [1.807, 2.05) is 12.2 Å². The van der Waals surface area contributed by atoms with Gasteiger partial charge in [0, 0.05) is 0 Å². The fourth-order valence-electron chi connectivity index (χ4n) is 0.897. The molecule has 0 radical (unpaired) electrons. The molecule has 0 saturated heterocycles. The minimum Gasteiger partial charge on any atom is -0.480 e. The molecule has 0 aliphatic heterocycles. The molecule has 7 heteroatoms. The van der Waals surface area contributed by atoms with E-state index < -0.39 is 24.7 Å². The smallest absolute Gasteiger partial charge is 0.401 e. The zero-order valence-corrected chi connectivity index (χ0v) is 9.12. The van der Waals surface area contributed by atoms with Gasteiger partial charge in [0.25, 0.3) is 0 Å². The summed E-state index contributed by atoms with van der Waals surface area (Å²) in [5, 5.41) is 10.6. The summed E-state index contributed by atoms with van der Waals surface area (Å²) in [4.78, 5) is 10.6. The quantitative estimate of drug-likeness (QED) is 0.671. The van der Waals surface area contributed by atoms with Gasteiger partial charge in [-0.05, 0) is 17.9 Å². The maximum absolute atomic E-state index is 11.8. The maximum Gasteiger partial charge on any atom is 0.401 e. The second-order valence-corrected chi connectivity index (χ2v) is 4.27. The Labute approximate surface area is 90.4 Å². The lowest BCUT2D eigenvalue weighted by molar-refractivity contribution is -0.143. The lowest BCUT2D eigenvalue weighted by Crippen LogP contribution is -2.42. The van der Waals surface area contributed by atoms with Crippen LogP contribution in [0.25, 0.3) is 0 Å². The monoisotopic (exact) mass is 245 g/mol. The molecule has 0 aromatic rings. The third-order valence-electron chi connectivity index (χ3n) is 1.60. The minimum atomic E-state index is -4.37. The summed E-state index contributed by atoms with van der Waals surface area (Å²) < 4.78 is 35.4. The van der Waals surface area contributed by atoms with E-state index in [-0.39, 0.29) is 6.42 Å². The van der Waals surface area contributed by atoms with Crippen LogP contribution in [0, 0.1) is 0 Å². The van der Waals surface area contributed by atoms with Gasteiger partial charge in [-0.15, -0.1) is 0 Å². The molecule has 90 valence electrons. The molecular formula is C8H14F3NO2S. The van der Waals surface area contributed by atoms with Crippen LogP contribution in [0.1, 0.15) is 13.3 Å². The lowest BCUT2D eigenvalue weighted by Gasteiger charge is -2.15. The van der Waals surface area contributed by atoms with Crippen molar-refractivity contribution in [2.24, 2.45) is 0 Å². The van der Waals surface area contributed by atoms with Gasteiger partial charge < -0.3 is 5.11 Å². The number of alkyl halides is 3. The number of carboxylic acids is 1. The highest BCUT2D eigenvalue weighted by Gasteiger charge is 2.29. The van der Waals surface area contributed by atoms with E-state index >= 15 is 0 Å². The van der Waals surface area contributed by atoms with Crippen LogP contribution in [0.5, 0.6) is 0 Å². The van der Waals surface area contributed by atoms with E-state index in [1.54, 1.807) is 0 Å². The molecule has 0 aromatic carbocycles. The summed E-state index contributed by atoms with van der Waals surface area (Å²) in [5.74, 6) is 0.125. The van der Waals surface area contributed by atoms with Crippen LogP contribution in [0.4, 0.5) is 13.2 Å². The third-order valence-corrected chi connectivity index (χ3v) is 2.53. The molecule has 1 unspecified atom stereocenters. The first-order chi connectivity index (χ1) is 6.87. The van der Waals surface area contributed by atoms with Gasteiger partial charge in [0.15, 0.2) is 0 Å². The van der Waals surface area contributed by atoms with Crippen molar-refractivity contribution in [2.75, 3.05) is 18.1 Å². The van der Waals surface area contributed by atoms with E-state index in [9.17, 15) is 18.0 Å². The average molecular weight is 245 g/mol. The molecule has 0 aliphatic carbocycles. The highest BCUT2D eigenvalue weighted by atomic mass is 32.2. The predicted octanol–water partition coefficient (Wildman–Crippen LogP) is 1.73. The summed E-state index contributed by atoms with van der Waals surface area (Å²) >= 11 is 1.50. The Balaban J connectivity index is 3.89. The average Bonchev–Trinajstić information content (AvgIpc) is 2.08. The van der Waals surface area contributed by atoms with Gasteiger partial charge in [0.05, 0.1) is 6.54 Å². The molecule has 3 nitrogen and oxygen atoms in total. The summed E-state index contributed by atoms with van der Waals surface area (Å²) in [6.45, 7) is 0.643.